The molecule has 1 nitrogen and oxygen atoms in total. The zero-order valence-electron chi connectivity index (χ0n) is 9.71. The Balaban J connectivity index is 3.54. The quantitative estimate of drug-likeness (QED) is 0.645. The highest BCUT2D eigenvalue weighted by Gasteiger charge is 2.11. The molecule has 3 unspecified atom stereocenters. The normalized spacial score (nSPS) is 18.2. The Labute approximate surface area is 83.5 Å². The summed E-state index contributed by atoms with van der Waals surface area (Å²) in [6, 6.07) is 0. The van der Waals surface area contributed by atoms with Crippen LogP contribution < -0.4 is 0 Å². The second kappa shape index (κ2) is 7.37. The first-order valence-corrected chi connectivity index (χ1v) is 5.70. The Morgan fingerprint density at radius 2 is 1.46 bits per heavy atom. The van der Waals surface area contributed by atoms with Crippen LogP contribution in [0.5, 0.6) is 0 Å². The van der Waals surface area contributed by atoms with Crippen molar-refractivity contribution in [3.8, 4) is 0 Å². The van der Waals surface area contributed by atoms with Crippen LogP contribution in [0.25, 0.3) is 0 Å². The molecule has 0 aliphatic rings. The molecule has 0 aromatic carbocycles. The molecule has 0 saturated heterocycles. The molecule has 0 bridgehead atoms. The summed E-state index contributed by atoms with van der Waals surface area (Å²) in [4.78, 5) is 0. The lowest BCUT2D eigenvalue weighted by molar-refractivity contribution is 0.207. The SMILES string of the molecule is CCCC(C)CC(C)CC(C)CO. The second-order valence-electron chi connectivity index (χ2n) is 4.76. The molecule has 0 fully saturated rings. The van der Waals surface area contributed by atoms with E-state index in [9.17, 15) is 0 Å². The summed E-state index contributed by atoms with van der Waals surface area (Å²) in [5.74, 6) is 2.10. The van der Waals surface area contributed by atoms with Gasteiger partial charge in [-0.2, -0.15) is 0 Å². The zero-order chi connectivity index (χ0) is 10.3. The molecule has 13 heavy (non-hydrogen) atoms. The van der Waals surface area contributed by atoms with E-state index >= 15 is 0 Å². The van der Waals surface area contributed by atoms with Gasteiger partial charge in [0, 0.05) is 6.61 Å². The minimum absolute atomic E-state index is 0.340. The van der Waals surface area contributed by atoms with Gasteiger partial charge in [-0.25, -0.2) is 0 Å². The van der Waals surface area contributed by atoms with Crippen molar-refractivity contribution in [3.63, 3.8) is 0 Å². The summed E-state index contributed by atoms with van der Waals surface area (Å²) in [6.07, 6.45) is 5.13. The number of hydrogen-bond donors (Lipinski definition) is 1. The van der Waals surface area contributed by atoms with E-state index in [-0.39, 0.29) is 0 Å². The van der Waals surface area contributed by atoms with Gasteiger partial charge in [0.1, 0.15) is 0 Å². The molecule has 0 amide bonds. The van der Waals surface area contributed by atoms with Gasteiger partial charge in [-0.05, 0) is 30.6 Å². The summed E-state index contributed by atoms with van der Waals surface area (Å²) in [6.45, 7) is 9.35. The van der Waals surface area contributed by atoms with Gasteiger partial charge in [-0.3, -0.25) is 0 Å². The maximum atomic E-state index is 8.92. The Morgan fingerprint density at radius 1 is 0.923 bits per heavy atom. The first kappa shape index (κ1) is 13.0. The van der Waals surface area contributed by atoms with Crippen molar-refractivity contribution >= 4 is 0 Å². The maximum Gasteiger partial charge on any atom is 0.0456 e. The highest BCUT2D eigenvalue weighted by molar-refractivity contribution is 4.62. The van der Waals surface area contributed by atoms with Crippen molar-refractivity contribution < 1.29 is 5.11 Å². The fourth-order valence-electron chi connectivity index (χ4n) is 2.16. The van der Waals surface area contributed by atoms with Crippen LogP contribution in [-0.4, -0.2) is 11.7 Å². The van der Waals surface area contributed by atoms with E-state index in [0.717, 1.165) is 11.8 Å². The highest BCUT2D eigenvalue weighted by Crippen LogP contribution is 2.21. The molecule has 0 aliphatic heterocycles. The molecule has 1 heteroatoms. The molecule has 0 aliphatic carbocycles. The summed E-state index contributed by atoms with van der Waals surface area (Å²) in [5.41, 5.74) is 0. The van der Waals surface area contributed by atoms with E-state index in [1.165, 1.54) is 25.7 Å². The third-order valence-corrected chi connectivity index (χ3v) is 2.70. The van der Waals surface area contributed by atoms with E-state index in [1.807, 2.05) is 0 Å². The Morgan fingerprint density at radius 3 is 1.92 bits per heavy atom. The molecule has 3 atom stereocenters. The minimum atomic E-state index is 0.340. The van der Waals surface area contributed by atoms with Crippen molar-refractivity contribution in [3.05, 3.63) is 0 Å². The zero-order valence-corrected chi connectivity index (χ0v) is 9.71. The van der Waals surface area contributed by atoms with Crippen LogP contribution in [0.1, 0.15) is 53.4 Å². The van der Waals surface area contributed by atoms with Crippen molar-refractivity contribution in [2.75, 3.05) is 6.61 Å². The average Bonchev–Trinajstić information content (AvgIpc) is 2.04. The van der Waals surface area contributed by atoms with E-state index in [0.29, 0.717) is 12.5 Å². The van der Waals surface area contributed by atoms with E-state index in [4.69, 9.17) is 5.11 Å². The van der Waals surface area contributed by atoms with Crippen LogP contribution in [0, 0.1) is 17.8 Å². The van der Waals surface area contributed by atoms with Crippen molar-refractivity contribution in [1.82, 2.24) is 0 Å². The molecule has 0 aromatic rings. The summed E-state index contributed by atoms with van der Waals surface area (Å²) < 4.78 is 0. The average molecular weight is 186 g/mol. The van der Waals surface area contributed by atoms with Crippen molar-refractivity contribution in [2.24, 2.45) is 17.8 Å². The van der Waals surface area contributed by atoms with Crippen LogP contribution in [0.2, 0.25) is 0 Å². The number of aliphatic hydroxyl groups excluding tert-OH is 1. The molecule has 0 rings (SSSR count). The Kier molecular flexibility index (Phi) is 7.35. The first-order valence-electron chi connectivity index (χ1n) is 5.70. The Hall–Kier alpha value is -0.0400. The Bertz CT molecular complexity index is 112. The molecular formula is C12H26O. The number of rotatable bonds is 7. The molecule has 0 saturated carbocycles. The third-order valence-electron chi connectivity index (χ3n) is 2.70. The van der Waals surface area contributed by atoms with Gasteiger partial charge in [0.05, 0.1) is 0 Å². The largest absolute Gasteiger partial charge is 0.396 e. The predicted octanol–water partition coefficient (Wildman–Crippen LogP) is 3.47. The van der Waals surface area contributed by atoms with Gasteiger partial charge in [0.25, 0.3) is 0 Å². The lowest BCUT2D eigenvalue weighted by Gasteiger charge is -2.19. The van der Waals surface area contributed by atoms with E-state index in [2.05, 4.69) is 27.7 Å². The van der Waals surface area contributed by atoms with Gasteiger partial charge in [-0.15, -0.1) is 0 Å². The molecular weight excluding hydrogens is 160 g/mol. The standard InChI is InChI=1S/C12H26O/c1-5-6-10(2)7-11(3)8-12(4)9-13/h10-13H,5-9H2,1-4H3. The fourth-order valence-corrected chi connectivity index (χ4v) is 2.16. The topological polar surface area (TPSA) is 20.2 Å². The monoisotopic (exact) mass is 186 g/mol. The molecule has 0 aromatic heterocycles. The van der Waals surface area contributed by atoms with Crippen LogP contribution in [0.15, 0.2) is 0 Å². The van der Waals surface area contributed by atoms with Gasteiger partial charge >= 0.3 is 0 Å². The van der Waals surface area contributed by atoms with Crippen LogP contribution in [-0.2, 0) is 0 Å². The van der Waals surface area contributed by atoms with Crippen molar-refractivity contribution in [2.45, 2.75) is 53.4 Å². The molecule has 80 valence electrons. The summed E-state index contributed by atoms with van der Waals surface area (Å²) in [5, 5.41) is 8.92. The highest BCUT2D eigenvalue weighted by atomic mass is 16.3. The van der Waals surface area contributed by atoms with Gasteiger partial charge < -0.3 is 5.11 Å². The molecule has 0 heterocycles. The summed E-state index contributed by atoms with van der Waals surface area (Å²) >= 11 is 0. The minimum Gasteiger partial charge on any atom is -0.396 e. The van der Waals surface area contributed by atoms with Crippen LogP contribution in [0.4, 0.5) is 0 Å². The summed E-state index contributed by atoms with van der Waals surface area (Å²) in [7, 11) is 0. The fraction of sp³-hybridized carbons (Fsp3) is 1.00. The van der Waals surface area contributed by atoms with E-state index < -0.39 is 0 Å². The number of aliphatic hydroxyl groups is 1. The van der Waals surface area contributed by atoms with Gasteiger partial charge in [-0.1, -0.05) is 40.5 Å². The van der Waals surface area contributed by atoms with Crippen LogP contribution >= 0.6 is 0 Å². The van der Waals surface area contributed by atoms with Gasteiger partial charge in [0.15, 0.2) is 0 Å². The van der Waals surface area contributed by atoms with E-state index in [1.54, 1.807) is 0 Å². The van der Waals surface area contributed by atoms with Crippen molar-refractivity contribution in [1.29, 1.82) is 0 Å². The first-order chi connectivity index (χ1) is 6.10. The third kappa shape index (κ3) is 7.06. The molecule has 0 radical (unpaired) electrons. The van der Waals surface area contributed by atoms with Crippen LogP contribution in [0.3, 0.4) is 0 Å². The molecule has 0 spiro atoms. The second-order valence-corrected chi connectivity index (χ2v) is 4.76. The lowest BCUT2D eigenvalue weighted by atomic mass is 9.88. The predicted molar refractivity (Wildman–Crippen MR) is 58.7 cm³/mol. The maximum absolute atomic E-state index is 8.92. The smallest absolute Gasteiger partial charge is 0.0456 e. The molecule has 1 N–H and O–H groups in total. The lowest BCUT2D eigenvalue weighted by Crippen LogP contribution is -2.10. The van der Waals surface area contributed by atoms with Gasteiger partial charge in [0.2, 0.25) is 0 Å². The number of hydrogen-bond acceptors (Lipinski definition) is 1.